The van der Waals surface area contributed by atoms with Gasteiger partial charge < -0.3 is 23.0 Å². The van der Waals surface area contributed by atoms with Gasteiger partial charge >= 0.3 is 5.69 Å². The molecule has 0 aliphatic carbocycles. The van der Waals surface area contributed by atoms with E-state index in [1.165, 1.54) is 10.8 Å². The van der Waals surface area contributed by atoms with Crippen molar-refractivity contribution in [3.63, 3.8) is 0 Å². The molecule has 8 atom stereocenters. The molecule has 3 heterocycles. The standard InChI is InChI=1S/C19H30BIN2O7P2S/c1-5-12-13(8-17(28-12)23-9-11(21)18(24)22-19(23)25)29-31(3)26-10-15-14(7-16(20)27-15)30-32(4,33)6-2/h9,12-17H,5-8,10H2,1-4H3,(H,22,24,25). The molecular formula is C19H30BIN2O7P2S. The van der Waals surface area contributed by atoms with Gasteiger partial charge in [0.2, 0.25) is 0 Å². The second-order valence-corrected chi connectivity index (χ2v) is 15.9. The Kier molecular flexibility index (Phi) is 10.2. The third-order valence-corrected chi connectivity index (χ3v) is 10.4. The Morgan fingerprint density at radius 1 is 1.30 bits per heavy atom. The average molecular weight is 630 g/mol. The Labute approximate surface area is 215 Å². The Balaban J connectivity index is 1.57. The summed E-state index contributed by atoms with van der Waals surface area (Å²) in [6.45, 7) is 8.19. The number of ether oxygens (including phenoxy) is 2. The van der Waals surface area contributed by atoms with Crippen LogP contribution in [-0.4, -0.2) is 73.9 Å². The van der Waals surface area contributed by atoms with E-state index in [0.29, 0.717) is 29.4 Å². The first-order valence-electron chi connectivity index (χ1n) is 10.9. The summed E-state index contributed by atoms with van der Waals surface area (Å²) in [6.07, 6.45) is 0.808. The molecule has 2 radical (unpaired) electrons. The first-order valence-corrected chi connectivity index (χ1v) is 16.9. The number of rotatable bonds is 10. The smallest absolute Gasteiger partial charge is 0.330 e. The van der Waals surface area contributed by atoms with Crippen molar-refractivity contribution in [3.8, 4) is 0 Å². The van der Waals surface area contributed by atoms with Crippen molar-refractivity contribution < 1.29 is 23.0 Å². The molecule has 2 aliphatic heterocycles. The van der Waals surface area contributed by atoms with Crippen LogP contribution in [0.1, 0.15) is 39.3 Å². The van der Waals surface area contributed by atoms with Gasteiger partial charge in [-0.3, -0.25) is 14.3 Å². The number of hydrogen-bond donors (Lipinski definition) is 1. The molecule has 0 amide bonds. The molecule has 14 heteroatoms. The van der Waals surface area contributed by atoms with Gasteiger partial charge in [0, 0.05) is 25.3 Å². The van der Waals surface area contributed by atoms with Crippen molar-refractivity contribution in [1.29, 1.82) is 0 Å². The highest BCUT2D eigenvalue weighted by atomic mass is 127. The summed E-state index contributed by atoms with van der Waals surface area (Å²) in [5.74, 6) is 0. The second kappa shape index (κ2) is 12.1. The zero-order chi connectivity index (χ0) is 24.3. The van der Waals surface area contributed by atoms with Crippen molar-refractivity contribution in [1.82, 2.24) is 9.55 Å². The van der Waals surface area contributed by atoms with Crippen molar-refractivity contribution in [2.75, 3.05) is 26.1 Å². The molecule has 1 aromatic heterocycles. The number of hydrogen-bond acceptors (Lipinski definition) is 8. The molecule has 8 unspecified atom stereocenters. The Hall–Kier alpha value is 0.355. The van der Waals surface area contributed by atoms with Gasteiger partial charge in [-0.05, 0) is 48.3 Å². The van der Waals surface area contributed by atoms with Gasteiger partial charge in [-0.25, -0.2) is 4.79 Å². The third-order valence-electron chi connectivity index (χ3n) is 5.68. The summed E-state index contributed by atoms with van der Waals surface area (Å²) < 4.78 is 32.0. The monoisotopic (exact) mass is 630 g/mol. The summed E-state index contributed by atoms with van der Waals surface area (Å²) in [4.78, 5) is 26.2. The number of halogens is 1. The SMILES string of the molecule is [B]C1CC(OP(C)(=S)CC)C(COP(C)OC2CC(n3cc(I)c(=O)[nH]c3=O)OC2CC)O1. The van der Waals surface area contributed by atoms with E-state index in [-0.39, 0.29) is 24.4 Å². The summed E-state index contributed by atoms with van der Waals surface area (Å²) in [5.41, 5.74) is -0.908. The minimum atomic E-state index is -1.87. The van der Waals surface area contributed by atoms with Crippen LogP contribution < -0.4 is 11.2 Å². The number of H-pyrrole nitrogens is 1. The fraction of sp³-hybridized carbons (Fsp3) is 0.789. The summed E-state index contributed by atoms with van der Waals surface area (Å²) in [6, 6.07) is -0.397. The van der Waals surface area contributed by atoms with E-state index in [1.54, 1.807) is 0 Å². The quantitative estimate of drug-likeness (QED) is 0.240. The van der Waals surface area contributed by atoms with E-state index >= 15 is 0 Å². The van der Waals surface area contributed by atoms with Crippen molar-refractivity contribution in [2.45, 2.75) is 69.8 Å². The van der Waals surface area contributed by atoms with Gasteiger partial charge in [-0.2, -0.15) is 0 Å². The van der Waals surface area contributed by atoms with Crippen LogP contribution in [0.4, 0.5) is 0 Å². The third kappa shape index (κ3) is 7.43. The zero-order valence-electron chi connectivity index (χ0n) is 19.1. The van der Waals surface area contributed by atoms with Crippen LogP contribution in [0.15, 0.2) is 15.8 Å². The van der Waals surface area contributed by atoms with E-state index < -0.39 is 38.1 Å². The van der Waals surface area contributed by atoms with Crippen molar-refractivity contribution in [2.24, 2.45) is 0 Å². The molecule has 33 heavy (non-hydrogen) atoms. The van der Waals surface area contributed by atoms with E-state index in [9.17, 15) is 9.59 Å². The molecule has 0 bridgehead atoms. The largest absolute Gasteiger partial charge is 0.380 e. The fourth-order valence-corrected chi connectivity index (χ4v) is 6.52. The average Bonchev–Trinajstić information content (AvgIpc) is 3.31. The first-order chi connectivity index (χ1) is 15.5. The highest BCUT2D eigenvalue weighted by Crippen LogP contribution is 2.47. The number of nitrogens with zero attached hydrogens (tertiary/aromatic N) is 1. The highest BCUT2D eigenvalue weighted by molar-refractivity contribution is 14.1. The van der Waals surface area contributed by atoms with E-state index in [2.05, 4.69) is 4.98 Å². The molecule has 184 valence electrons. The topological polar surface area (TPSA) is 101 Å². The lowest BCUT2D eigenvalue weighted by Crippen LogP contribution is -2.33. The molecule has 0 saturated carbocycles. The molecule has 9 nitrogen and oxygen atoms in total. The van der Waals surface area contributed by atoms with E-state index in [1.807, 2.05) is 49.8 Å². The lowest BCUT2D eigenvalue weighted by Gasteiger charge is -2.26. The summed E-state index contributed by atoms with van der Waals surface area (Å²) in [7, 11) is 4.74. The molecule has 0 aromatic carbocycles. The summed E-state index contributed by atoms with van der Waals surface area (Å²) >= 11 is 7.47. The van der Waals surface area contributed by atoms with Crippen LogP contribution in [0.25, 0.3) is 0 Å². The molecule has 3 rings (SSSR count). The maximum atomic E-state index is 12.3. The molecule has 2 fully saturated rings. The van der Waals surface area contributed by atoms with Gasteiger partial charge in [-0.15, -0.1) is 0 Å². The van der Waals surface area contributed by atoms with Gasteiger partial charge in [-0.1, -0.05) is 25.7 Å². The fourth-order valence-electron chi connectivity index (χ4n) is 3.79. The zero-order valence-corrected chi connectivity index (χ0v) is 23.9. The highest BCUT2D eigenvalue weighted by Gasteiger charge is 2.39. The van der Waals surface area contributed by atoms with Gasteiger partial charge in [0.1, 0.15) is 20.2 Å². The van der Waals surface area contributed by atoms with Crippen LogP contribution in [0.5, 0.6) is 0 Å². The molecule has 2 aliphatic rings. The van der Waals surface area contributed by atoms with Crippen molar-refractivity contribution in [3.05, 3.63) is 30.6 Å². The van der Waals surface area contributed by atoms with Crippen LogP contribution in [0.3, 0.4) is 0 Å². The second-order valence-electron chi connectivity index (χ2n) is 8.22. The number of aromatic amines is 1. The number of aromatic nitrogens is 2. The molecule has 2 saturated heterocycles. The predicted octanol–water partition coefficient (Wildman–Crippen LogP) is 2.90. The van der Waals surface area contributed by atoms with Crippen LogP contribution >= 0.6 is 37.2 Å². The van der Waals surface area contributed by atoms with E-state index in [0.717, 1.165) is 6.16 Å². The molecular weight excluding hydrogens is 600 g/mol. The summed E-state index contributed by atoms with van der Waals surface area (Å²) in [5, 5.41) is 0. The van der Waals surface area contributed by atoms with Gasteiger partial charge in [0.25, 0.3) is 5.56 Å². The number of nitrogens with one attached hydrogen (secondary N) is 1. The minimum Gasteiger partial charge on any atom is -0.380 e. The molecule has 0 spiro atoms. The van der Waals surface area contributed by atoms with Gasteiger partial charge in [0.15, 0.2) is 8.38 Å². The van der Waals surface area contributed by atoms with Gasteiger partial charge in [0.05, 0.1) is 34.8 Å². The normalized spacial score (nSPS) is 32.6. The van der Waals surface area contributed by atoms with Crippen LogP contribution in [-0.2, 0) is 34.9 Å². The molecule has 1 aromatic rings. The lowest BCUT2D eigenvalue weighted by molar-refractivity contribution is -0.0203. The lowest BCUT2D eigenvalue weighted by atomic mass is 9.96. The van der Waals surface area contributed by atoms with Crippen LogP contribution in [0, 0.1) is 3.57 Å². The molecule has 1 N–H and O–H groups in total. The maximum absolute atomic E-state index is 12.3. The maximum Gasteiger partial charge on any atom is 0.330 e. The Bertz CT molecular complexity index is 982. The Morgan fingerprint density at radius 3 is 2.70 bits per heavy atom. The van der Waals surface area contributed by atoms with E-state index in [4.69, 9.17) is 42.7 Å². The first kappa shape index (κ1) is 27.9. The minimum absolute atomic E-state index is 0.184. The predicted molar refractivity (Wildman–Crippen MR) is 141 cm³/mol. The van der Waals surface area contributed by atoms with Crippen LogP contribution in [0.2, 0.25) is 0 Å². The Morgan fingerprint density at radius 2 is 2.03 bits per heavy atom. The van der Waals surface area contributed by atoms with Crippen molar-refractivity contribution >= 4 is 56.9 Å².